The number of halogens is 6. The molecule has 0 saturated carbocycles. The lowest BCUT2D eigenvalue weighted by Gasteiger charge is -2.47. The maximum atomic E-state index is 13.4. The van der Waals surface area contributed by atoms with Crippen molar-refractivity contribution in [2.45, 2.75) is 56.5 Å². The number of benzene rings is 2. The number of likely N-dealkylation sites (N-methyl/N-ethyl adjacent to an activating group) is 1. The Bertz CT molecular complexity index is 1140. The number of hydrogen-bond donors (Lipinski definition) is 0. The zero-order chi connectivity index (χ0) is 28.5. The lowest BCUT2D eigenvalue weighted by molar-refractivity contribution is -0.143. The van der Waals surface area contributed by atoms with Crippen molar-refractivity contribution < 1.29 is 35.9 Å². The molecule has 5 nitrogen and oxygen atoms in total. The van der Waals surface area contributed by atoms with Crippen molar-refractivity contribution in [1.29, 1.82) is 0 Å². The lowest BCUT2D eigenvalue weighted by Crippen LogP contribution is -2.55. The maximum Gasteiger partial charge on any atom is 0.416 e. The van der Waals surface area contributed by atoms with Gasteiger partial charge in [0.1, 0.15) is 0 Å². The Hall–Kier alpha value is -3.08. The second kappa shape index (κ2) is 11.2. The quantitative estimate of drug-likeness (QED) is 0.457. The van der Waals surface area contributed by atoms with E-state index in [0.717, 1.165) is 18.4 Å². The van der Waals surface area contributed by atoms with E-state index in [1.165, 1.54) is 11.9 Å². The molecule has 2 saturated heterocycles. The molecule has 0 aromatic heterocycles. The van der Waals surface area contributed by atoms with E-state index in [2.05, 4.69) is 4.90 Å². The Balaban J connectivity index is 1.60. The normalized spacial score (nSPS) is 21.6. The molecule has 0 aliphatic carbocycles. The van der Waals surface area contributed by atoms with Gasteiger partial charge in [0, 0.05) is 63.7 Å². The summed E-state index contributed by atoms with van der Waals surface area (Å²) in [6, 6.07) is 10.2. The van der Waals surface area contributed by atoms with Crippen LogP contribution >= 0.6 is 0 Å². The third kappa shape index (κ3) is 6.57. The molecule has 11 heteroatoms. The fraction of sp³-hybridized carbons (Fsp3) is 0.500. The summed E-state index contributed by atoms with van der Waals surface area (Å²) in [7, 11) is 1.44. The number of amides is 2. The smallest absolute Gasteiger partial charge is 0.343 e. The minimum atomic E-state index is -5.04. The van der Waals surface area contributed by atoms with Gasteiger partial charge in [-0.25, -0.2) is 0 Å². The molecule has 2 atom stereocenters. The van der Waals surface area contributed by atoms with Crippen molar-refractivity contribution in [3.63, 3.8) is 0 Å². The number of piperidine rings is 2. The standard InChI is InChI=1S/C28H31F6N3O2/c1-18(38)36-11-8-23(9-12-36)37-13-10-25(24(17-37)19-6-4-3-5-7-19)35(2)26(39)20-14-21(27(29,30)31)16-22(15-20)28(32,33)34/h3-7,14-16,23-25H,8-13,17H2,1-2H3/t24-,25+/m0/s1. The Labute approximate surface area is 223 Å². The van der Waals surface area contributed by atoms with Crippen LogP contribution in [0.4, 0.5) is 26.3 Å². The van der Waals surface area contributed by atoms with Gasteiger partial charge in [0.15, 0.2) is 0 Å². The van der Waals surface area contributed by atoms with E-state index in [-0.39, 0.29) is 23.9 Å². The second-order valence-electron chi connectivity index (χ2n) is 10.3. The van der Waals surface area contributed by atoms with Crippen LogP contribution in [0.3, 0.4) is 0 Å². The first-order valence-corrected chi connectivity index (χ1v) is 12.9. The van der Waals surface area contributed by atoms with E-state index in [1.807, 2.05) is 35.2 Å². The fourth-order valence-electron chi connectivity index (χ4n) is 5.77. The van der Waals surface area contributed by atoms with Crippen LogP contribution in [0, 0.1) is 0 Å². The van der Waals surface area contributed by atoms with Crippen molar-refractivity contribution in [2.24, 2.45) is 0 Å². The monoisotopic (exact) mass is 555 g/mol. The van der Waals surface area contributed by atoms with Crippen LogP contribution < -0.4 is 0 Å². The van der Waals surface area contributed by atoms with E-state index in [9.17, 15) is 35.9 Å². The minimum absolute atomic E-state index is 0.0272. The number of hydrogen-bond acceptors (Lipinski definition) is 3. The zero-order valence-electron chi connectivity index (χ0n) is 21.7. The van der Waals surface area contributed by atoms with Gasteiger partial charge in [0.05, 0.1) is 11.1 Å². The number of rotatable bonds is 4. The van der Waals surface area contributed by atoms with E-state index >= 15 is 0 Å². The Morgan fingerprint density at radius 3 is 1.92 bits per heavy atom. The number of alkyl halides is 6. The molecule has 0 radical (unpaired) electrons. The number of carbonyl (C=O) groups excluding carboxylic acids is 2. The van der Waals surface area contributed by atoms with E-state index < -0.39 is 41.0 Å². The summed E-state index contributed by atoms with van der Waals surface area (Å²) < 4.78 is 80.4. The first-order chi connectivity index (χ1) is 18.3. The van der Waals surface area contributed by atoms with Gasteiger partial charge in [0.2, 0.25) is 5.91 Å². The van der Waals surface area contributed by atoms with Gasteiger partial charge in [0.25, 0.3) is 5.91 Å². The molecule has 2 aliphatic heterocycles. The molecule has 0 bridgehead atoms. The highest BCUT2D eigenvalue weighted by Crippen LogP contribution is 2.38. The summed E-state index contributed by atoms with van der Waals surface area (Å²) in [5.41, 5.74) is -2.74. The lowest BCUT2D eigenvalue weighted by atomic mass is 9.83. The fourth-order valence-corrected chi connectivity index (χ4v) is 5.77. The topological polar surface area (TPSA) is 43.9 Å². The maximum absolute atomic E-state index is 13.4. The van der Waals surface area contributed by atoms with Gasteiger partial charge in [-0.05, 0) is 43.0 Å². The highest BCUT2D eigenvalue weighted by molar-refractivity contribution is 5.95. The summed E-state index contributed by atoms with van der Waals surface area (Å²) in [4.78, 5) is 30.6. The van der Waals surface area contributed by atoms with Crippen molar-refractivity contribution >= 4 is 11.8 Å². The molecular weight excluding hydrogens is 524 g/mol. The van der Waals surface area contributed by atoms with E-state index in [4.69, 9.17) is 0 Å². The van der Waals surface area contributed by atoms with Crippen LogP contribution in [0.5, 0.6) is 0 Å². The molecule has 212 valence electrons. The van der Waals surface area contributed by atoms with Gasteiger partial charge < -0.3 is 9.80 Å². The average Bonchev–Trinajstić information content (AvgIpc) is 2.91. The SMILES string of the molecule is CC(=O)N1CCC(N2CC[C@@H](N(C)C(=O)c3cc(C(F)(F)F)cc(C(F)(F)F)c3)[C@H](c3ccccc3)C2)CC1. The Morgan fingerprint density at radius 2 is 1.41 bits per heavy atom. The molecule has 0 unspecified atom stereocenters. The molecule has 4 rings (SSSR count). The number of nitrogens with zero attached hydrogens (tertiary/aromatic N) is 3. The number of likely N-dealkylation sites (tertiary alicyclic amines) is 2. The first-order valence-electron chi connectivity index (χ1n) is 12.9. The van der Waals surface area contributed by atoms with Crippen LogP contribution in [0.1, 0.15) is 59.2 Å². The average molecular weight is 556 g/mol. The van der Waals surface area contributed by atoms with Gasteiger partial charge in [-0.1, -0.05) is 30.3 Å². The highest BCUT2D eigenvalue weighted by Gasteiger charge is 2.40. The third-order valence-electron chi connectivity index (χ3n) is 7.91. The van der Waals surface area contributed by atoms with Gasteiger partial charge >= 0.3 is 12.4 Å². The van der Waals surface area contributed by atoms with Crippen LogP contribution in [0.25, 0.3) is 0 Å². The van der Waals surface area contributed by atoms with Crippen LogP contribution in [-0.2, 0) is 17.1 Å². The molecule has 0 spiro atoms. The predicted molar refractivity (Wildman–Crippen MR) is 133 cm³/mol. The van der Waals surface area contributed by atoms with Gasteiger partial charge in [-0.2, -0.15) is 26.3 Å². The summed E-state index contributed by atoms with van der Waals surface area (Å²) in [5, 5.41) is 0. The summed E-state index contributed by atoms with van der Waals surface area (Å²) >= 11 is 0. The van der Waals surface area contributed by atoms with Crippen molar-refractivity contribution in [1.82, 2.24) is 14.7 Å². The molecule has 39 heavy (non-hydrogen) atoms. The van der Waals surface area contributed by atoms with Gasteiger partial charge in [-0.3, -0.25) is 14.5 Å². The molecule has 0 N–H and O–H groups in total. The molecular formula is C28H31F6N3O2. The second-order valence-corrected chi connectivity index (χ2v) is 10.3. The van der Waals surface area contributed by atoms with Crippen LogP contribution in [0.15, 0.2) is 48.5 Å². The molecule has 2 aromatic rings. The molecule has 2 heterocycles. The Morgan fingerprint density at radius 1 is 0.846 bits per heavy atom. The summed E-state index contributed by atoms with van der Waals surface area (Å²) in [6.45, 7) is 4.06. The Kier molecular flexibility index (Phi) is 8.30. The van der Waals surface area contributed by atoms with E-state index in [0.29, 0.717) is 44.7 Å². The third-order valence-corrected chi connectivity index (χ3v) is 7.91. The van der Waals surface area contributed by atoms with Crippen molar-refractivity contribution in [2.75, 3.05) is 33.2 Å². The van der Waals surface area contributed by atoms with Crippen molar-refractivity contribution in [3.8, 4) is 0 Å². The zero-order valence-corrected chi connectivity index (χ0v) is 21.7. The highest BCUT2D eigenvalue weighted by atomic mass is 19.4. The largest absolute Gasteiger partial charge is 0.416 e. The van der Waals surface area contributed by atoms with Gasteiger partial charge in [-0.15, -0.1) is 0 Å². The predicted octanol–water partition coefficient (Wildman–Crippen LogP) is 5.67. The molecule has 2 aromatic carbocycles. The first kappa shape index (κ1) is 28.9. The summed E-state index contributed by atoms with van der Waals surface area (Å²) in [6.07, 6.45) is -7.95. The van der Waals surface area contributed by atoms with Crippen LogP contribution in [0.2, 0.25) is 0 Å². The van der Waals surface area contributed by atoms with Crippen LogP contribution in [-0.4, -0.2) is 71.8 Å². The summed E-state index contributed by atoms with van der Waals surface area (Å²) in [5.74, 6) is -1.05. The molecule has 2 aliphatic rings. The number of carbonyl (C=O) groups is 2. The van der Waals surface area contributed by atoms with E-state index in [1.54, 1.807) is 6.92 Å². The minimum Gasteiger partial charge on any atom is -0.343 e. The molecule has 2 amide bonds. The van der Waals surface area contributed by atoms with Crippen molar-refractivity contribution in [3.05, 3.63) is 70.8 Å². The molecule has 2 fully saturated rings.